The number of benzene rings is 1. The van der Waals surface area contributed by atoms with Crippen molar-refractivity contribution in [1.82, 2.24) is 4.57 Å². The van der Waals surface area contributed by atoms with E-state index in [4.69, 9.17) is 10.5 Å². The number of nitrogens with zero attached hydrogens (tertiary/aromatic N) is 1. The molecule has 0 aliphatic heterocycles. The standard InChI is InChI=1S/C20H28N2O2/c1-6-16-19(15-9-7-8-10-17(15)24-5)18(20(21)23)14(4)22(16)12-11-13(2)3/h7-10,13H,6,11-12H2,1-5H3,(H2,21,23). The minimum absolute atomic E-state index is 0.383. The van der Waals surface area contributed by atoms with Crippen LogP contribution in [0.1, 0.15) is 48.9 Å². The van der Waals surface area contributed by atoms with Gasteiger partial charge in [-0.1, -0.05) is 39.0 Å². The van der Waals surface area contributed by atoms with Gasteiger partial charge < -0.3 is 15.0 Å². The molecule has 2 rings (SSSR count). The molecule has 1 aromatic heterocycles. The van der Waals surface area contributed by atoms with Crippen molar-refractivity contribution in [2.75, 3.05) is 7.11 Å². The third kappa shape index (κ3) is 3.32. The Hall–Kier alpha value is -2.23. The van der Waals surface area contributed by atoms with Gasteiger partial charge in [0.15, 0.2) is 0 Å². The Morgan fingerprint density at radius 2 is 1.96 bits per heavy atom. The van der Waals surface area contributed by atoms with E-state index in [1.807, 2.05) is 31.2 Å². The van der Waals surface area contributed by atoms with Gasteiger partial charge in [-0.25, -0.2) is 0 Å². The van der Waals surface area contributed by atoms with Crippen molar-refractivity contribution < 1.29 is 9.53 Å². The van der Waals surface area contributed by atoms with Crippen molar-refractivity contribution in [3.05, 3.63) is 41.2 Å². The first kappa shape index (κ1) is 18.1. The largest absolute Gasteiger partial charge is 0.496 e. The summed E-state index contributed by atoms with van der Waals surface area (Å²) in [5.41, 5.74) is 10.3. The van der Waals surface area contributed by atoms with Gasteiger partial charge in [0.2, 0.25) is 0 Å². The van der Waals surface area contributed by atoms with Crippen molar-refractivity contribution in [1.29, 1.82) is 0 Å². The van der Waals surface area contributed by atoms with Crippen molar-refractivity contribution in [3.8, 4) is 16.9 Å². The fourth-order valence-corrected chi connectivity index (χ4v) is 3.30. The van der Waals surface area contributed by atoms with Gasteiger partial charge in [0.05, 0.1) is 12.7 Å². The Kier molecular flexibility index (Phi) is 5.71. The van der Waals surface area contributed by atoms with E-state index in [2.05, 4.69) is 25.3 Å². The second-order valence-corrected chi connectivity index (χ2v) is 6.53. The number of carbonyl (C=O) groups excluding carboxylic acids is 1. The maximum Gasteiger partial charge on any atom is 0.251 e. The van der Waals surface area contributed by atoms with Crippen LogP contribution < -0.4 is 10.5 Å². The Labute approximate surface area is 144 Å². The molecule has 2 N–H and O–H groups in total. The number of methoxy groups -OCH3 is 1. The molecule has 0 unspecified atom stereocenters. The van der Waals surface area contributed by atoms with Crippen LogP contribution in [-0.4, -0.2) is 17.6 Å². The van der Waals surface area contributed by atoms with Crippen molar-refractivity contribution >= 4 is 5.91 Å². The van der Waals surface area contributed by atoms with Crippen LogP contribution in [0.3, 0.4) is 0 Å². The monoisotopic (exact) mass is 328 g/mol. The minimum atomic E-state index is -0.383. The first-order valence-corrected chi connectivity index (χ1v) is 8.57. The molecular formula is C20H28N2O2. The average molecular weight is 328 g/mol. The zero-order chi connectivity index (χ0) is 17.9. The van der Waals surface area contributed by atoms with Crippen LogP contribution in [0.15, 0.2) is 24.3 Å². The molecule has 4 heteroatoms. The van der Waals surface area contributed by atoms with Crippen LogP contribution in [0.4, 0.5) is 0 Å². The predicted octanol–water partition coefficient (Wildman–Crippen LogP) is 4.18. The van der Waals surface area contributed by atoms with Gasteiger partial charge in [-0.05, 0) is 31.7 Å². The molecular weight excluding hydrogens is 300 g/mol. The van der Waals surface area contributed by atoms with Gasteiger partial charge in [0, 0.05) is 29.1 Å². The van der Waals surface area contributed by atoms with E-state index in [0.29, 0.717) is 11.5 Å². The topological polar surface area (TPSA) is 57.2 Å². The third-order valence-electron chi connectivity index (χ3n) is 4.52. The fraction of sp³-hybridized carbons (Fsp3) is 0.450. The summed E-state index contributed by atoms with van der Waals surface area (Å²) in [7, 11) is 1.65. The van der Waals surface area contributed by atoms with Crippen LogP contribution in [0.2, 0.25) is 0 Å². The first-order chi connectivity index (χ1) is 11.4. The molecule has 24 heavy (non-hydrogen) atoms. The lowest BCUT2D eigenvalue weighted by atomic mass is 9.98. The smallest absolute Gasteiger partial charge is 0.251 e. The van der Waals surface area contributed by atoms with Crippen molar-refractivity contribution in [3.63, 3.8) is 0 Å². The summed E-state index contributed by atoms with van der Waals surface area (Å²) in [5, 5.41) is 0. The second kappa shape index (κ2) is 7.56. The van der Waals surface area contributed by atoms with Gasteiger partial charge in [-0.2, -0.15) is 0 Å². The summed E-state index contributed by atoms with van der Waals surface area (Å²) < 4.78 is 7.77. The summed E-state index contributed by atoms with van der Waals surface area (Å²) in [6, 6.07) is 7.80. The molecule has 0 saturated carbocycles. The van der Waals surface area contributed by atoms with Crippen LogP contribution >= 0.6 is 0 Å². The number of hydrogen-bond acceptors (Lipinski definition) is 2. The fourth-order valence-electron chi connectivity index (χ4n) is 3.30. The molecule has 0 spiro atoms. The van der Waals surface area contributed by atoms with E-state index >= 15 is 0 Å². The second-order valence-electron chi connectivity index (χ2n) is 6.53. The highest BCUT2D eigenvalue weighted by Crippen LogP contribution is 2.38. The highest BCUT2D eigenvalue weighted by Gasteiger charge is 2.25. The molecule has 0 saturated heterocycles. The van der Waals surface area contributed by atoms with E-state index in [-0.39, 0.29) is 5.91 Å². The molecule has 1 aromatic carbocycles. The Balaban J connectivity index is 2.73. The van der Waals surface area contributed by atoms with Gasteiger partial charge in [-0.3, -0.25) is 4.79 Å². The van der Waals surface area contributed by atoms with E-state index in [1.54, 1.807) is 7.11 Å². The average Bonchev–Trinajstić information content (AvgIpc) is 2.84. The highest BCUT2D eigenvalue weighted by atomic mass is 16.5. The molecule has 0 aliphatic carbocycles. The van der Waals surface area contributed by atoms with Crippen LogP contribution in [0.5, 0.6) is 5.75 Å². The summed E-state index contributed by atoms with van der Waals surface area (Å²) >= 11 is 0. The number of aromatic nitrogens is 1. The summed E-state index contributed by atoms with van der Waals surface area (Å²) in [6.45, 7) is 9.41. The van der Waals surface area contributed by atoms with Gasteiger partial charge in [-0.15, -0.1) is 0 Å². The summed E-state index contributed by atoms with van der Waals surface area (Å²) in [6.07, 6.45) is 1.89. The molecule has 0 aliphatic rings. The number of primary amides is 1. The molecule has 130 valence electrons. The number of ether oxygens (including phenoxy) is 1. The maximum atomic E-state index is 12.2. The summed E-state index contributed by atoms with van der Waals surface area (Å²) in [5.74, 6) is 0.977. The summed E-state index contributed by atoms with van der Waals surface area (Å²) in [4.78, 5) is 12.2. The maximum absolute atomic E-state index is 12.2. The van der Waals surface area contributed by atoms with E-state index in [9.17, 15) is 4.79 Å². The lowest BCUT2D eigenvalue weighted by Gasteiger charge is -2.14. The number of carbonyl (C=O) groups is 1. The molecule has 0 atom stereocenters. The number of hydrogen-bond donors (Lipinski definition) is 1. The lowest BCUT2D eigenvalue weighted by molar-refractivity contribution is 0.1000. The SMILES string of the molecule is CCc1c(-c2ccccc2OC)c(C(N)=O)c(C)n1CCC(C)C. The van der Waals surface area contributed by atoms with Gasteiger partial charge in [0.1, 0.15) is 5.75 Å². The van der Waals surface area contributed by atoms with Gasteiger partial charge >= 0.3 is 0 Å². The molecule has 4 nitrogen and oxygen atoms in total. The van der Waals surface area contributed by atoms with Crippen molar-refractivity contribution in [2.24, 2.45) is 11.7 Å². The van der Waals surface area contributed by atoms with Gasteiger partial charge in [0.25, 0.3) is 5.91 Å². The number of rotatable bonds is 7. The predicted molar refractivity (Wildman–Crippen MR) is 98.5 cm³/mol. The number of para-hydroxylation sites is 1. The minimum Gasteiger partial charge on any atom is -0.496 e. The number of nitrogens with two attached hydrogens (primary N) is 1. The quantitative estimate of drug-likeness (QED) is 0.829. The molecule has 1 heterocycles. The Morgan fingerprint density at radius 1 is 1.29 bits per heavy atom. The van der Waals surface area contributed by atoms with Crippen molar-refractivity contribution in [2.45, 2.75) is 47.1 Å². The first-order valence-electron chi connectivity index (χ1n) is 8.57. The van der Waals surface area contributed by atoms with Crippen LogP contribution in [-0.2, 0) is 13.0 Å². The molecule has 1 amide bonds. The lowest BCUT2D eigenvalue weighted by Crippen LogP contribution is -2.14. The van der Waals surface area contributed by atoms with Crippen LogP contribution in [0, 0.1) is 12.8 Å². The zero-order valence-corrected chi connectivity index (χ0v) is 15.3. The highest BCUT2D eigenvalue weighted by molar-refractivity contribution is 6.03. The zero-order valence-electron chi connectivity index (χ0n) is 15.3. The van der Waals surface area contributed by atoms with E-state index in [1.165, 1.54) is 0 Å². The van der Waals surface area contributed by atoms with E-state index < -0.39 is 0 Å². The van der Waals surface area contributed by atoms with Crippen LogP contribution in [0.25, 0.3) is 11.1 Å². The Bertz CT molecular complexity index is 729. The molecule has 0 bridgehead atoms. The van der Waals surface area contributed by atoms with E-state index in [0.717, 1.165) is 47.7 Å². The number of amides is 1. The molecule has 0 radical (unpaired) electrons. The Morgan fingerprint density at radius 3 is 2.50 bits per heavy atom. The molecule has 2 aromatic rings. The molecule has 0 fully saturated rings. The third-order valence-corrected chi connectivity index (χ3v) is 4.52. The normalized spacial score (nSPS) is 11.1.